The van der Waals surface area contributed by atoms with Crippen LogP contribution in [0.2, 0.25) is 0 Å². The van der Waals surface area contributed by atoms with Gasteiger partial charge in [-0.15, -0.1) is 0 Å². The first-order valence-electron chi connectivity index (χ1n) is 4.93. The Morgan fingerprint density at radius 3 is 2.37 bits per heavy atom. The molecule has 0 saturated heterocycles. The first-order chi connectivity index (χ1) is 8.70. The van der Waals surface area contributed by atoms with Crippen molar-refractivity contribution in [3.8, 4) is 11.5 Å². The number of phenolic OH excluding ortho intramolecular Hbond substituents is 1. The van der Waals surface area contributed by atoms with Crippen molar-refractivity contribution in [3.05, 3.63) is 18.2 Å². The van der Waals surface area contributed by atoms with Crippen molar-refractivity contribution in [2.45, 2.75) is 17.7 Å². The molecule has 0 aliphatic rings. The molecule has 0 aliphatic carbocycles. The van der Waals surface area contributed by atoms with Crippen LogP contribution in [0, 0.1) is 0 Å². The summed E-state index contributed by atoms with van der Waals surface area (Å²) in [5, 5.41) is 17.6. The molecule has 0 amide bonds. The summed E-state index contributed by atoms with van der Waals surface area (Å²) in [5.74, 6) is -3.00. The SMILES string of the molecule is O=C(O)CCC(=O)Oc1ccc(O)c(S(=O)(=O)O)c1. The zero-order valence-electron chi connectivity index (χ0n) is 9.44. The summed E-state index contributed by atoms with van der Waals surface area (Å²) in [6.45, 7) is 0. The van der Waals surface area contributed by atoms with Crippen molar-refractivity contribution < 1.29 is 37.5 Å². The van der Waals surface area contributed by atoms with E-state index in [0.717, 1.165) is 18.2 Å². The highest BCUT2D eigenvalue weighted by Crippen LogP contribution is 2.27. The number of aromatic hydroxyl groups is 1. The molecule has 0 spiro atoms. The van der Waals surface area contributed by atoms with Crippen molar-refractivity contribution in [1.82, 2.24) is 0 Å². The van der Waals surface area contributed by atoms with E-state index < -0.39 is 45.5 Å². The summed E-state index contributed by atoms with van der Waals surface area (Å²) in [6.07, 6.45) is -0.820. The number of carboxylic acid groups (broad SMARTS) is 1. The summed E-state index contributed by atoms with van der Waals surface area (Å²) in [4.78, 5) is 20.6. The molecule has 8 nitrogen and oxygen atoms in total. The maximum Gasteiger partial charge on any atom is 0.311 e. The number of esters is 1. The Labute approximate surface area is 108 Å². The molecule has 0 atom stereocenters. The number of ether oxygens (including phenoxy) is 1. The fourth-order valence-electron chi connectivity index (χ4n) is 1.16. The van der Waals surface area contributed by atoms with E-state index in [2.05, 4.69) is 4.74 Å². The zero-order valence-corrected chi connectivity index (χ0v) is 10.3. The molecule has 0 aliphatic heterocycles. The average molecular weight is 290 g/mol. The van der Waals surface area contributed by atoms with Gasteiger partial charge in [0.25, 0.3) is 10.1 Å². The van der Waals surface area contributed by atoms with Gasteiger partial charge >= 0.3 is 11.9 Å². The summed E-state index contributed by atoms with van der Waals surface area (Å²) in [7, 11) is -4.65. The van der Waals surface area contributed by atoms with Crippen LogP contribution in [-0.4, -0.2) is 35.1 Å². The number of rotatable bonds is 5. The summed E-state index contributed by atoms with van der Waals surface area (Å²) in [6, 6.07) is 2.77. The Hall–Kier alpha value is -2.13. The quantitative estimate of drug-likeness (QED) is 0.402. The number of carboxylic acids is 1. The lowest BCUT2D eigenvalue weighted by atomic mass is 10.3. The van der Waals surface area contributed by atoms with E-state index in [1.165, 1.54) is 0 Å². The number of aliphatic carboxylic acids is 1. The monoisotopic (exact) mass is 290 g/mol. The minimum Gasteiger partial charge on any atom is -0.506 e. The number of carbonyl (C=O) groups is 2. The van der Waals surface area contributed by atoms with Gasteiger partial charge < -0.3 is 14.9 Å². The first kappa shape index (κ1) is 14.9. The largest absolute Gasteiger partial charge is 0.506 e. The van der Waals surface area contributed by atoms with Gasteiger partial charge in [0.05, 0.1) is 12.8 Å². The van der Waals surface area contributed by atoms with Crippen molar-refractivity contribution in [2.24, 2.45) is 0 Å². The lowest BCUT2D eigenvalue weighted by Gasteiger charge is -2.06. The summed E-state index contributed by atoms with van der Waals surface area (Å²) >= 11 is 0. The highest BCUT2D eigenvalue weighted by atomic mass is 32.2. The van der Waals surface area contributed by atoms with E-state index in [1.54, 1.807) is 0 Å². The van der Waals surface area contributed by atoms with Gasteiger partial charge in [-0.2, -0.15) is 8.42 Å². The molecule has 1 aromatic rings. The maximum absolute atomic E-state index is 11.2. The van der Waals surface area contributed by atoms with E-state index in [9.17, 15) is 23.1 Å². The molecule has 0 aromatic heterocycles. The smallest absolute Gasteiger partial charge is 0.311 e. The van der Waals surface area contributed by atoms with E-state index in [1.807, 2.05) is 0 Å². The normalized spacial score (nSPS) is 11.0. The molecule has 19 heavy (non-hydrogen) atoms. The van der Waals surface area contributed by atoms with Crippen LogP contribution in [-0.2, 0) is 19.7 Å². The Morgan fingerprint density at radius 1 is 1.21 bits per heavy atom. The minimum atomic E-state index is -4.65. The molecule has 0 saturated carbocycles. The van der Waals surface area contributed by atoms with Gasteiger partial charge in [0, 0.05) is 6.07 Å². The molecule has 0 radical (unpaired) electrons. The standard InChI is InChI=1S/C10H10O8S/c11-7-2-1-6(5-8(7)19(15,16)17)18-10(14)4-3-9(12)13/h1-2,5,11H,3-4H2,(H,12,13)(H,15,16,17). The van der Waals surface area contributed by atoms with E-state index in [4.69, 9.17) is 9.66 Å². The fraction of sp³-hybridized carbons (Fsp3) is 0.200. The topological polar surface area (TPSA) is 138 Å². The first-order valence-corrected chi connectivity index (χ1v) is 6.37. The highest BCUT2D eigenvalue weighted by Gasteiger charge is 2.17. The number of benzene rings is 1. The average Bonchev–Trinajstić information content (AvgIpc) is 2.27. The van der Waals surface area contributed by atoms with Crippen LogP contribution in [0.5, 0.6) is 11.5 Å². The Balaban J connectivity index is 2.86. The van der Waals surface area contributed by atoms with Gasteiger partial charge in [-0.05, 0) is 12.1 Å². The second-order valence-electron chi connectivity index (χ2n) is 3.47. The molecule has 0 bridgehead atoms. The molecule has 1 aromatic carbocycles. The van der Waals surface area contributed by atoms with Gasteiger partial charge in [0.1, 0.15) is 16.4 Å². The number of hydrogen-bond acceptors (Lipinski definition) is 6. The van der Waals surface area contributed by atoms with Gasteiger partial charge in [-0.1, -0.05) is 0 Å². The molecule has 9 heteroatoms. The maximum atomic E-state index is 11.2. The molecule has 0 heterocycles. The van der Waals surface area contributed by atoms with Crippen LogP contribution >= 0.6 is 0 Å². The van der Waals surface area contributed by atoms with Crippen molar-refractivity contribution in [1.29, 1.82) is 0 Å². The lowest BCUT2D eigenvalue weighted by molar-refractivity contribution is -0.142. The number of carbonyl (C=O) groups excluding carboxylic acids is 1. The van der Waals surface area contributed by atoms with Crippen LogP contribution < -0.4 is 4.74 Å². The highest BCUT2D eigenvalue weighted by molar-refractivity contribution is 7.86. The third-order valence-corrected chi connectivity index (χ3v) is 2.87. The van der Waals surface area contributed by atoms with Crippen molar-refractivity contribution in [2.75, 3.05) is 0 Å². The molecule has 0 fully saturated rings. The molecule has 3 N–H and O–H groups in total. The summed E-state index contributed by atoms with van der Waals surface area (Å²) < 4.78 is 35.2. The number of hydrogen-bond donors (Lipinski definition) is 3. The van der Waals surface area contributed by atoms with Crippen LogP contribution in [0.1, 0.15) is 12.8 Å². The third kappa shape index (κ3) is 4.56. The zero-order chi connectivity index (χ0) is 14.6. The van der Waals surface area contributed by atoms with Crippen LogP contribution in [0.25, 0.3) is 0 Å². The van der Waals surface area contributed by atoms with Gasteiger partial charge in [0.2, 0.25) is 0 Å². The third-order valence-electron chi connectivity index (χ3n) is 1.98. The van der Waals surface area contributed by atoms with Gasteiger partial charge in [-0.25, -0.2) is 0 Å². The minimum absolute atomic E-state index is 0.235. The van der Waals surface area contributed by atoms with Crippen LogP contribution in [0.15, 0.2) is 23.1 Å². The Bertz CT molecular complexity index is 604. The van der Waals surface area contributed by atoms with Crippen molar-refractivity contribution >= 4 is 22.1 Å². The number of phenols is 1. The molecular formula is C10H10O8S. The molecule has 1 rings (SSSR count). The fourth-order valence-corrected chi connectivity index (χ4v) is 1.75. The predicted molar refractivity (Wildman–Crippen MR) is 60.4 cm³/mol. The Morgan fingerprint density at radius 2 is 1.84 bits per heavy atom. The second-order valence-corrected chi connectivity index (χ2v) is 4.86. The van der Waals surface area contributed by atoms with E-state index in [-0.39, 0.29) is 5.75 Å². The van der Waals surface area contributed by atoms with E-state index >= 15 is 0 Å². The van der Waals surface area contributed by atoms with Crippen molar-refractivity contribution in [3.63, 3.8) is 0 Å². The lowest BCUT2D eigenvalue weighted by Crippen LogP contribution is -2.10. The molecule has 104 valence electrons. The molecular weight excluding hydrogens is 280 g/mol. The van der Waals surface area contributed by atoms with E-state index in [0.29, 0.717) is 0 Å². The van der Waals surface area contributed by atoms with Gasteiger partial charge in [0.15, 0.2) is 0 Å². The molecule has 0 unspecified atom stereocenters. The second kappa shape index (κ2) is 5.67. The summed E-state index contributed by atoms with van der Waals surface area (Å²) in [5.41, 5.74) is 0. The van der Waals surface area contributed by atoms with Gasteiger partial charge in [-0.3, -0.25) is 14.1 Å². The predicted octanol–water partition coefficient (Wildman–Crippen LogP) is 0.409. The van der Waals surface area contributed by atoms with Crippen LogP contribution in [0.4, 0.5) is 0 Å². The Kier molecular flexibility index (Phi) is 4.46. The van der Waals surface area contributed by atoms with Crippen LogP contribution in [0.3, 0.4) is 0 Å².